The summed E-state index contributed by atoms with van der Waals surface area (Å²) in [6, 6.07) is 12.0. The number of benzene rings is 2. The van der Waals surface area contributed by atoms with Gasteiger partial charge in [0.1, 0.15) is 5.75 Å². The third-order valence-corrected chi connectivity index (χ3v) is 3.57. The van der Waals surface area contributed by atoms with Crippen molar-refractivity contribution < 1.29 is 9.53 Å². The van der Waals surface area contributed by atoms with E-state index >= 15 is 0 Å². The Labute approximate surface area is 132 Å². The Kier molecular flexibility index (Phi) is 5.21. The van der Waals surface area contributed by atoms with Crippen LogP contribution in [0.15, 0.2) is 36.4 Å². The van der Waals surface area contributed by atoms with E-state index in [0.29, 0.717) is 0 Å². The molecular formula is C19H23NO2. The molecule has 0 radical (unpaired) electrons. The molecule has 0 unspecified atom stereocenters. The molecule has 3 heteroatoms. The van der Waals surface area contributed by atoms with E-state index in [1.165, 1.54) is 0 Å². The molecule has 1 amide bonds. The van der Waals surface area contributed by atoms with Crippen molar-refractivity contribution in [2.75, 3.05) is 11.9 Å². The first-order valence-corrected chi connectivity index (χ1v) is 7.59. The summed E-state index contributed by atoms with van der Waals surface area (Å²) >= 11 is 0. The van der Waals surface area contributed by atoms with E-state index in [2.05, 4.69) is 18.3 Å². The smallest absolute Gasteiger partial charge is 0.262 e. The second kappa shape index (κ2) is 7.12. The predicted octanol–water partition coefficient (Wildman–Crippen LogP) is 4.19. The van der Waals surface area contributed by atoms with Gasteiger partial charge in [0.2, 0.25) is 0 Å². The predicted molar refractivity (Wildman–Crippen MR) is 90.6 cm³/mol. The van der Waals surface area contributed by atoms with Gasteiger partial charge in [-0.1, -0.05) is 31.2 Å². The summed E-state index contributed by atoms with van der Waals surface area (Å²) in [6.07, 6.45) is 0.884. The number of hydrogen-bond acceptors (Lipinski definition) is 2. The fourth-order valence-corrected chi connectivity index (χ4v) is 2.54. The summed E-state index contributed by atoms with van der Waals surface area (Å²) in [7, 11) is 0. The quantitative estimate of drug-likeness (QED) is 0.898. The number of aryl methyl sites for hydroxylation is 4. The molecule has 0 aliphatic heterocycles. The Morgan fingerprint density at radius 1 is 1.09 bits per heavy atom. The van der Waals surface area contributed by atoms with Gasteiger partial charge in [-0.15, -0.1) is 0 Å². The van der Waals surface area contributed by atoms with Gasteiger partial charge in [-0.2, -0.15) is 0 Å². The number of ether oxygens (including phenoxy) is 1. The zero-order valence-corrected chi connectivity index (χ0v) is 13.7. The Hall–Kier alpha value is -2.29. The van der Waals surface area contributed by atoms with Crippen molar-refractivity contribution in [3.05, 3.63) is 58.7 Å². The van der Waals surface area contributed by atoms with Crippen LogP contribution in [0.25, 0.3) is 0 Å². The maximum atomic E-state index is 12.1. The highest BCUT2D eigenvalue weighted by Crippen LogP contribution is 2.21. The third kappa shape index (κ3) is 4.10. The lowest BCUT2D eigenvalue weighted by Crippen LogP contribution is -2.21. The summed E-state index contributed by atoms with van der Waals surface area (Å²) in [5.74, 6) is 0.594. The summed E-state index contributed by atoms with van der Waals surface area (Å²) in [5.41, 5.74) is 5.36. The Balaban J connectivity index is 2.02. The molecule has 0 heterocycles. The van der Waals surface area contributed by atoms with Crippen molar-refractivity contribution in [3.8, 4) is 5.75 Å². The number of carbonyl (C=O) groups is 1. The highest BCUT2D eigenvalue weighted by molar-refractivity contribution is 5.93. The number of hydrogen-bond donors (Lipinski definition) is 1. The van der Waals surface area contributed by atoms with Crippen molar-refractivity contribution in [1.82, 2.24) is 0 Å². The summed E-state index contributed by atoms with van der Waals surface area (Å²) in [6.45, 7) is 8.12. The van der Waals surface area contributed by atoms with Crippen molar-refractivity contribution in [1.29, 1.82) is 0 Å². The van der Waals surface area contributed by atoms with Crippen LogP contribution in [0.2, 0.25) is 0 Å². The molecule has 0 aromatic heterocycles. The second-order valence-electron chi connectivity index (χ2n) is 5.62. The van der Waals surface area contributed by atoms with Gasteiger partial charge in [0.25, 0.3) is 5.91 Å². The normalized spacial score (nSPS) is 10.4. The molecule has 0 atom stereocenters. The van der Waals surface area contributed by atoms with E-state index in [1.807, 2.05) is 51.1 Å². The van der Waals surface area contributed by atoms with Gasteiger partial charge in [0.15, 0.2) is 6.61 Å². The van der Waals surface area contributed by atoms with Crippen molar-refractivity contribution in [2.24, 2.45) is 0 Å². The standard InChI is InChI=1S/C19H23NO2/c1-5-16-8-6-7-15(4)19(16)20-18(21)12-22-17-10-13(2)9-14(3)11-17/h6-11H,5,12H2,1-4H3,(H,20,21). The maximum Gasteiger partial charge on any atom is 0.262 e. The van der Waals surface area contributed by atoms with Crippen LogP contribution in [-0.4, -0.2) is 12.5 Å². The van der Waals surface area contributed by atoms with Crippen LogP contribution in [0, 0.1) is 20.8 Å². The average molecular weight is 297 g/mol. The first-order valence-electron chi connectivity index (χ1n) is 7.59. The number of para-hydroxylation sites is 1. The van der Waals surface area contributed by atoms with Gasteiger partial charge >= 0.3 is 0 Å². The van der Waals surface area contributed by atoms with Crippen LogP contribution in [0.4, 0.5) is 5.69 Å². The van der Waals surface area contributed by atoms with Gasteiger partial charge in [0.05, 0.1) is 0 Å². The Morgan fingerprint density at radius 2 is 1.77 bits per heavy atom. The van der Waals surface area contributed by atoms with Crippen molar-refractivity contribution in [3.63, 3.8) is 0 Å². The number of nitrogens with one attached hydrogen (secondary N) is 1. The van der Waals surface area contributed by atoms with Crippen LogP contribution >= 0.6 is 0 Å². The van der Waals surface area contributed by atoms with Gasteiger partial charge in [-0.05, 0) is 61.6 Å². The topological polar surface area (TPSA) is 38.3 Å². The Bertz CT molecular complexity index is 657. The lowest BCUT2D eigenvalue weighted by molar-refractivity contribution is -0.118. The van der Waals surface area contributed by atoms with Crippen molar-refractivity contribution in [2.45, 2.75) is 34.1 Å². The van der Waals surface area contributed by atoms with E-state index in [9.17, 15) is 4.79 Å². The Morgan fingerprint density at radius 3 is 2.41 bits per heavy atom. The molecule has 2 aromatic rings. The van der Waals surface area contributed by atoms with Gasteiger partial charge in [-0.25, -0.2) is 0 Å². The molecule has 22 heavy (non-hydrogen) atoms. The van der Waals surface area contributed by atoms with Gasteiger partial charge in [-0.3, -0.25) is 4.79 Å². The van der Waals surface area contributed by atoms with E-state index in [4.69, 9.17) is 4.74 Å². The van der Waals surface area contributed by atoms with Crippen molar-refractivity contribution >= 4 is 11.6 Å². The number of anilines is 1. The molecule has 2 rings (SSSR count). The number of amides is 1. The minimum Gasteiger partial charge on any atom is -0.484 e. The van der Waals surface area contributed by atoms with E-state index in [-0.39, 0.29) is 12.5 Å². The molecule has 0 saturated heterocycles. The maximum absolute atomic E-state index is 12.1. The molecule has 1 N–H and O–H groups in total. The molecule has 0 saturated carbocycles. The summed E-state index contributed by atoms with van der Waals surface area (Å²) in [5, 5.41) is 2.97. The highest BCUT2D eigenvalue weighted by Gasteiger charge is 2.09. The molecule has 0 fully saturated rings. The van der Waals surface area contributed by atoms with Crippen LogP contribution in [0.5, 0.6) is 5.75 Å². The molecule has 0 aliphatic rings. The first-order chi connectivity index (χ1) is 10.5. The summed E-state index contributed by atoms with van der Waals surface area (Å²) in [4.78, 5) is 12.1. The number of rotatable bonds is 5. The largest absolute Gasteiger partial charge is 0.484 e. The van der Waals surface area contributed by atoms with Crippen LogP contribution < -0.4 is 10.1 Å². The first kappa shape index (κ1) is 16.1. The van der Waals surface area contributed by atoms with E-state index < -0.39 is 0 Å². The van der Waals surface area contributed by atoms with Gasteiger partial charge < -0.3 is 10.1 Å². The number of carbonyl (C=O) groups excluding carboxylic acids is 1. The summed E-state index contributed by atoms with van der Waals surface area (Å²) < 4.78 is 5.60. The van der Waals surface area contributed by atoms with E-state index in [1.54, 1.807) is 0 Å². The minimum absolute atomic E-state index is 0.0143. The minimum atomic E-state index is -0.136. The molecule has 0 spiro atoms. The molecule has 0 aliphatic carbocycles. The molecular weight excluding hydrogens is 274 g/mol. The lowest BCUT2D eigenvalue weighted by atomic mass is 10.1. The monoisotopic (exact) mass is 297 g/mol. The second-order valence-corrected chi connectivity index (χ2v) is 5.62. The zero-order chi connectivity index (χ0) is 16.1. The fourth-order valence-electron chi connectivity index (χ4n) is 2.54. The zero-order valence-electron chi connectivity index (χ0n) is 13.7. The average Bonchev–Trinajstić information content (AvgIpc) is 2.46. The van der Waals surface area contributed by atoms with Crippen LogP contribution in [-0.2, 0) is 11.2 Å². The molecule has 0 bridgehead atoms. The third-order valence-electron chi connectivity index (χ3n) is 3.57. The fraction of sp³-hybridized carbons (Fsp3) is 0.316. The van der Waals surface area contributed by atoms with E-state index in [0.717, 1.165) is 40.1 Å². The highest BCUT2D eigenvalue weighted by atomic mass is 16.5. The molecule has 3 nitrogen and oxygen atoms in total. The molecule has 116 valence electrons. The molecule has 2 aromatic carbocycles. The lowest BCUT2D eigenvalue weighted by Gasteiger charge is -2.13. The SMILES string of the molecule is CCc1cccc(C)c1NC(=O)COc1cc(C)cc(C)c1. The van der Waals surface area contributed by atoms with Crippen LogP contribution in [0.3, 0.4) is 0 Å². The van der Waals surface area contributed by atoms with Crippen LogP contribution in [0.1, 0.15) is 29.2 Å². The van der Waals surface area contributed by atoms with Gasteiger partial charge in [0, 0.05) is 5.69 Å².